The van der Waals surface area contributed by atoms with Crippen LogP contribution in [0.1, 0.15) is 121 Å². The van der Waals surface area contributed by atoms with E-state index < -0.39 is 34.1 Å². The molecule has 9 nitrogen and oxygen atoms in total. The lowest BCUT2D eigenvalue weighted by molar-refractivity contribution is -0.253. The first kappa shape index (κ1) is 39.5. The zero-order valence-corrected chi connectivity index (χ0v) is 34.7. The van der Waals surface area contributed by atoms with Gasteiger partial charge in [-0.2, -0.15) is 5.10 Å². The summed E-state index contributed by atoms with van der Waals surface area (Å²) in [5.41, 5.74) is 6.27. The maximum atomic E-state index is 15.4. The average Bonchev–Trinajstić information content (AvgIpc) is 3.56. The molecular formula is C44H66FN5O4. The number of halogens is 1. The van der Waals surface area contributed by atoms with Gasteiger partial charge in [0, 0.05) is 22.6 Å². The van der Waals surface area contributed by atoms with Crippen LogP contribution < -0.4 is 5.73 Å². The van der Waals surface area contributed by atoms with E-state index in [1.807, 2.05) is 4.68 Å². The third kappa shape index (κ3) is 5.45. The molecule has 4 fully saturated rings. The number of hydrogen-bond donors (Lipinski definition) is 2. The van der Waals surface area contributed by atoms with E-state index in [1.54, 1.807) is 12.3 Å². The number of pyridine rings is 1. The van der Waals surface area contributed by atoms with Crippen LogP contribution in [-0.4, -0.2) is 62.3 Å². The summed E-state index contributed by atoms with van der Waals surface area (Å²) in [6.45, 7) is 26.0. The van der Waals surface area contributed by atoms with E-state index >= 15 is 4.39 Å². The number of aromatic nitrogens is 4. The van der Waals surface area contributed by atoms with E-state index in [4.69, 9.17) is 20.3 Å². The van der Waals surface area contributed by atoms with Crippen molar-refractivity contribution in [2.24, 2.45) is 67.8 Å². The Hall–Kier alpha value is -2.69. The van der Waals surface area contributed by atoms with Gasteiger partial charge >= 0.3 is 5.97 Å². The minimum atomic E-state index is -0.655. The fourth-order valence-corrected chi connectivity index (χ4v) is 12.8. The van der Waals surface area contributed by atoms with Gasteiger partial charge in [0.1, 0.15) is 6.33 Å². The maximum absolute atomic E-state index is 15.4. The third-order valence-corrected chi connectivity index (χ3v) is 17.3. The molecule has 298 valence electrons. The third-order valence-electron chi connectivity index (χ3n) is 17.3. The molecule has 54 heavy (non-hydrogen) atoms. The number of allylic oxidation sites excluding steroid dienone is 1. The van der Waals surface area contributed by atoms with E-state index in [0.717, 1.165) is 32.1 Å². The number of fused-ring (bicyclic) bond motifs is 3. The van der Waals surface area contributed by atoms with Crippen molar-refractivity contribution in [1.82, 2.24) is 19.7 Å². The van der Waals surface area contributed by atoms with Gasteiger partial charge in [-0.05, 0) is 96.8 Å². The van der Waals surface area contributed by atoms with Crippen LogP contribution in [-0.2, 0) is 14.3 Å². The molecule has 5 aliphatic rings. The highest BCUT2D eigenvalue weighted by Gasteiger charge is 2.72. The predicted octanol–water partition coefficient (Wildman–Crippen LogP) is 8.76. The van der Waals surface area contributed by atoms with Crippen molar-refractivity contribution >= 4 is 5.97 Å². The first-order valence-corrected chi connectivity index (χ1v) is 20.5. The van der Waals surface area contributed by atoms with Crippen molar-refractivity contribution in [3.05, 3.63) is 42.3 Å². The second-order valence-corrected chi connectivity index (χ2v) is 20.9. The van der Waals surface area contributed by atoms with Gasteiger partial charge in [-0.3, -0.25) is 9.78 Å². The van der Waals surface area contributed by atoms with Crippen LogP contribution in [0, 0.1) is 67.9 Å². The monoisotopic (exact) mass is 748 g/mol. The van der Waals surface area contributed by atoms with Crippen molar-refractivity contribution in [1.29, 1.82) is 0 Å². The minimum Gasteiger partial charge on any atom is -0.481 e. The van der Waals surface area contributed by atoms with Gasteiger partial charge in [-0.25, -0.2) is 14.1 Å². The van der Waals surface area contributed by atoms with Crippen LogP contribution in [0.4, 0.5) is 4.39 Å². The van der Waals surface area contributed by atoms with Gasteiger partial charge in [0.05, 0.1) is 49.6 Å². The van der Waals surface area contributed by atoms with E-state index in [-0.39, 0.29) is 51.6 Å². The molecule has 2 bridgehead atoms. The van der Waals surface area contributed by atoms with E-state index in [0.29, 0.717) is 43.5 Å². The Morgan fingerprint density at radius 3 is 2.48 bits per heavy atom. The largest absolute Gasteiger partial charge is 0.481 e. The van der Waals surface area contributed by atoms with Crippen LogP contribution in [0.15, 0.2) is 36.4 Å². The highest BCUT2D eigenvalue weighted by Crippen LogP contribution is 2.75. The lowest BCUT2D eigenvalue weighted by Crippen LogP contribution is -2.69. The molecule has 4 aliphatic carbocycles. The van der Waals surface area contributed by atoms with Gasteiger partial charge in [-0.1, -0.05) is 80.9 Å². The van der Waals surface area contributed by atoms with Crippen LogP contribution in [0.3, 0.4) is 0 Å². The Morgan fingerprint density at radius 1 is 1.11 bits per heavy atom. The summed E-state index contributed by atoms with van der Waals surface area (Å²) in [6, 6.07) is 1.38. The van der Waals surface area contributed by atoms with Crippen LogP contribution >= 0.6 is 0 Å². The number of ether oxygens (including phenoxy) is 2. The fraction of sp³-hybridized carbons (Fsp3) is 0.773. The predicted molar refractivity (Wildman–Crippen MR) is 208 cm³/mol. The summed E-state index contributed by atoms with van der Waals surface area (Å²) in [5.74, 6) is 0.0520. The van der Waals surface area contributed by atoms with Gasteiger partial charge in [0.15, 0.2) is 11.6 Å². The molecule has 0 aromatic carbocycles. The number of carboxylic acids is 1. The molecule has 2 aromatic rings. The second kappa shape index (κ2) is 12.9. The smallest absolute Gasteiger partial charge is 0.307 e. The van der Waals surface area contributed by atoms with Gasteiger partial charge in [0.2, 0.25) is 0 Å². The summed E-state index contributed by atoms with van der Waals surface area (Å²) in [5, 5.41) is 16.0. The lowest BCUT2D eigenvalue weighted by atomic mass is 9.34. The van der Waals surface area contributed by atoms with Gasteiger partial charge in [0.25, 0.3) is 0 Å². The molecule has 3 saturated carbocycles. The van der Waals surface area contributed by atoms with Crippen molar-refractivity contribution < 1.29 is 23.8 Å². The van der Waals surface area contributed by atoms with Crippen molar-refractivity contribution in [2.75, 3.05) is 19.8 Å². The molecule has 7 rings (SSSR count). The van der Waals surface area contributed by atoms with Gasteiger partial charge < -0.3 is 20.3 Å². The average molecular weight is 748 g/mol. The number of nitrogens with zero attached hydrogens (tertiary/aromatic N) is 4. The number of nitrogens with two attached hydrogens (primary N) is 1. The Bertz CT molecular complexity index is 1800. The number of hydrogen-bond acceptors (Lipinski definition) is 7. The van der Waals surface area contributed by atoms with Gasteiger partial charge in [-0.15, -0.1) is 0 Å². The zero-order valence-electron chi connectivity index (χ0n) is 34.7. The Morgan fingerprint density at radius 2 is 1.83 bits per heavy atom. The Balaban J connectivity index is 1.36. The molecule has 10 heteroatoms. The number of carboxylic acid groups (broad SMARTS) is 1. The van der Waals surface area contributed by atoms with E-state index in [1.165, 1.54) is 18.1 Å². The van der Waals surface area contributed by atoms with E-state index in [2.05, 4.69) is 92.2 Å². The Kier molecular flexibility index (Phi) is 9.46. The summed E-state index contributed by atoms with van der Waals surface area (Å²) < 4.78 is 31.3. The maximum Gasteiger partial charge on any atom is 0.307 e. The molecule has 1 aliphatic heterocycles. The van der Waals surface area contributed by atoms with Crippen molar-refractivity contribution in [3.8, 4) is 11.4 Å². The first-order valence-electron chi connectivity index (χ1n) is 20.5. The molecule has 3 N–H and O–H groups in total. The molecule has 2 aromatic heterocycles. The lowest BCUT2D eigenvalue weighted by Gasteiger charge is -2.71. The van der Waals surface area contributed by atoms with Crippen molar-refractivity contribution in [3.63, 3.8) is 0 Å². The minimum absolute atomic E-state index is 0.209. The molecule has 12 atom stereocenters. The summed E-state index contributed by atoms with van der Waals surface area (Å²) in [4.78, 5) is 22.2. The highest BCUT2D eigenvalue weighted by molar-refractivity contribution is 5.73. The van der Waals surface area contributed by atoms with Crippen LogP contribution in [0.2, 0.25) is 0 Å². The standard InChI is InChI=1S/C44H66FN5O4/c1-26(2)27(3)39(7)17-18-41(9)29-12-13-33-40(8)22-53-24-44(33,30(29)14-16-42(41,10)34(39)37(51)52)20-32(35(40)54-23-43(11,46)38(4,5)6)50-36(48-25-49-50)28-15-19-47-21-31(28)45/h14-15,19,21,25-27,29,32-35H,12-13,16-18,20,22-24,46H2,1-11H3,(H,51,52)/t27-,29+,32-,33+,34-,35+,39-,40-,41-,42+,43+,44+/m1/s1. The molecule has 0 amide bonds. The SMILES string of the molecule is CC(C)[C@@H](C)[C@@]1(C)CC[C@]2(C)[C@H]3CC[C@@H]4[C@@]5(COC[C@@]4(C)[C@@H](OC[C@](C)(N)C(C)(C)C)[C@H](n4ncnc4-c4ccncc4F)C5)C3=CC[C@@]2(C)[C@@H]1C(=O)O. The summed E-state index contributed by atoms with van der Waals surface area (Å²) in [7, 11) is 0. The molecule has 0 spiro atoms. The first-order chi connectivity index (χ1) is 25.1. The highest BCUT2D eigenvalue weighted by atomic mass is 19.1. The topological polar surface area (TPSA) is 125 Å². The van der Waals surface area contributed by atoms with Crippen molar-refractivity contribution in [2.45, 2.75) is 132 Å². The quantitative estimate of drug-likeness (QED) is 0.257. The number of carbonyl (C=O) groups is 1. The number of rotatable bonds is 8. The molecule has 3 heterocycles. The summed E-state index contributed by atoms with van der Waals surface area (Å²) >= 11 is 0. The van der Waals surface area contributed by atoms with Crippen LogP contribution in [0.5, 0.6) is 0 Å². The van der Waals surface area contributed by atoms with Crippen LogP contribution in [0.25, 0.3) is 11.4 Å². The second-order valence-electron chi connectivity index (χ2n) is 20.9. The zero-order chi connectivity index (χ0) is 39.4. The molecular weight excluding hydrogens is 682 g/mol. The normalized spacial score (nSPS) is 40.9. The molecule has 0 radical (unpaired) electrons. The molecule has 1 saturated heterocycles. The van der Waals surface area contributed by atoms with E-state index in [9.17, 15) is 9.90 Å². The summed E-state index contributed by atoms with van der Waals surface area (Å²) in [6.07, 6.45) is 11.8. The molecule has 0 unspecified atom stereocenters. The number of aliphatic carboxylic acids is 1. The fourth-order valence-electron chi connectivity index (χ4n) is 12.8. The Labute approximate surface area is 322 Å².